The van der Waals surface area contributed by atoms with Crippen LogP contribution >= 0.6 is 11.8 Å². The monoisotopic (exact) mass is 569 g/mol. The number of carbonyl (C=O) groups is 2. The molecule has 0 N–H and O–H groups in total. The van der Waals surface area contributed by atoms with Gasteiger partial charge in [0.05, 0.1) is 35.8 Å². The molecule has 0 radical (unpaired) electrons. The summed E-state index contributed by atoms with van der Waals surface area (Å²) in [5.74, 6) is -0.563. The van der Waals surface area contributed by atoms with Gasteiger partial charge in [-0.2, -0.15) is 8.42 Å². The number of imide groups is 1. The first-order valence-corrected chi connectivity index (χ1v) is 15.5. The zero-order chi connectivity index (χ0) is 27.4. The molecule has 0 atom stereocenters. The molecule has 1 aliphatic heterocycles. The van der Waals surface area contributed by atoms with Crippen molar-refractivity contribution in [1.82, 2.24) is 5.06 Å². The molecule has 39 heavy (non-hydrogen) atoms. The number of nitrogens with zero attached hydrogens (tertiary/aromatic N) is 1. The number of benzene rings is 3. The second kappa shape index (κ2) is 12.2. The van der Waals surface area contributed by atoms with Gasteiger partial charge in [0.1, 0.15) is 0 Å². The summed E-state index contributed by atoms with van der Waals surface area (Å²) in [7, 11) is -2.82. The van der Waals surface area contributed by atoms with Gasteiger partial charge in [-0.3, -0.25) is 9.59 Å². The van der Waals surface area contributed by atoms with Crippen molar-refractivity contribution in [2.45, 2.75) is 47.8 Å². The summed E-state index contributed by atoms with van der Waals surface area (Å²) in [5.41, 5.74) is 1.52. The summed E-state index contributed by atoms with van der Waals surface area (Å²) in [4.78, 5) is 27.4. The van der Waals surface area contributed by atoms with Gasteiger partial charge in [0, 0.05) is 23.1 Å². The molecule has 0 bridgehead atoms. The van der Waals surface area contributed by atoms with Crippen LogP contribution < -0.4 is 0 Å². The van der Waals surface area contributed by atoms with Crippen LogP contribution in [0, 0.1) is 0 Å². The van der Waals surface area contributed by atoms with Crippen molar-refractivity contribution < 1.29 is 31.8 Å². The van der Waals surface area contributed by atoms with Crippen LogP contribution in [0.15, 0.2) is 64.4 Å². The summed E-state index contributed by atoms with van der Waals surface area (Å²) in [6.45, 7) is 1.51. The fourth-order valence-corrected chi connectivity index (χ4v) is 6.89. The molecule has 206 valence electrons. The summed E-state index contributed by atoms with van der Waals surface area (Å²) >= 11 is 1.50. The Morgan fingerprint density at radius 2 is 1.64 bits per heavy atom. The van der Waals surface area contributed by atoms with E-state index in [2.05, 4.69) is 0 Å². The second-order valence-electron chi connectivity index (χ2n) is 9.67. The van der Waals surface area contributed by atoms with Crippen LogP contribution in [0.4, 0.5) is 0 Å². The molecule has 1 heterocycles. The lowest BCUT2D eigenvalue weighted by Gasteiger charge is -2.26. The van der Waals surface area contributed by atoms with Crippen LogP contribution in [0.3, 0.4) is 0 Å². The van der Waals surface area contributed by atoms with Crippen LogP contribution in [0.25, 0.3) is 10.8 Å². The van der Waals surface area contributed by atoms with E-state index in [1.807, 2.05) is 12.1 Å². The fourth-order valence-electron chi connectivity index (χ4n) is 5.16. The van der Waals surface area contributed by atoms with Crippen molar-refractivity contribution in [1.29, 1.82) is 0 Å². The topological polar surface area (TPSA) is 99.2 Å². The normalized spacial score (nSPS) is 16.3. The Hall–Kier alpha value is -2.76. The summed E-state index contributed by atoms with van der Waals surface area (Å²) in [5, 5.41) is 1.57. The van der Waals surface area contributed by atoms with Gasteiger partial charge in [0.2, 0.25) is 0 Å². The highest BCUT2D eigenvalue weighted by Gasteiger charge is 2.38. The van der Waals surface area contributed by atoms with Crippen molar-refractivity contribution >= 4 is 44.5 Å². The molecule has 0 spiro atoms. The maximum absolute atomic E-state index is 13.5. The van der Waals surface area contributed by atoms with Crippen molar-refractivity contribution in [2.24, 2.45) is 0 Å². The maximum Gasteiger partial charge on any atom is 0.318 e. The van der Waals surface area contributed by atoms with Gasteiger partial charge in [-0.25, -0.2) is 0 Å². The van der Waals surface area contributed by atoms with Gasteiger partial charge in [0.15, 0.2) is 0 Å². The zero-order valence-electron chi connectivity index (χ0n) is 21.8. The number of rotatable bonds is 11. The smallest absolute Gasteiger partial charge is 0.318 e. The average molecular weight is 570 g/mol. The lowest BCUT2D eigenvalue weighted by molar-refractivity contribution is -0.0155. The van der Waals surface area contributed by atoms with E-state index in [0.29, 0.717) is 41.9 Å². The Bertz CT molecular complexity index is 1460. The summed E-state index contributed by atoms with van der Waals surface area (Å²) in [6.07, 6.45) is 5.75. The Labute approximate surface area is 232 Å². The number of hydrogen-bond donors (Lipinski definition) is 0. The van der Waals surface area contributed by atoms with Gasteiger partial charge in [-0.1, -0.05) is 43.5 Å². The molecule has 3 aromatic rings. The van der Waals surface area contributed by atoms with Crippen LogP contribution in [-0.2, 0) is 23.9 Å². The Kier molecular flexibility index (Phi) is 8.68. The van der Waals surface area contributed by atoms with E-state index >= 15 is 0 Å². The van der Waals surface area contributed by atoms with Gasteiger partial charge < -0.3 is 9.47 Å². The van der Waals surface area contributed by atoms with Crippen LogP contribution in [0.2, 0.25) is 0 Å². The third-order valence-corrected chi connectivity index (χ3v) is 9.26. The molecule has 1 fully saturated rings. The Morgan fingerprint density at radius 3 is 2.38 bits per heavy atom. The molecule has 0 unspecified atom stereocenters. The first kappa shape index (κ1) is 27.8. The first-order valence-electron chi connectivity index (χ1n) is 13.1. The number of amides is 2. The van der Waals surface area contributed by atoms with Crippen molar-refractivity contribution in [3.8, 4) is 0 Å². The highest BCUT2D eigenvalue weighted by molar-refractivity contribution is 7.99. The molecule has 10 heteroatoms. The lowest BCUT2D eigenvalue weighted by atomic mass is 9.84. The highest BCUT2D eigenvalue weighted by Crippen LogP contribution is 2.36. The van der Waals surface area contributed by atoms with Crippen molar-refractivity contribution in [3.05, 3.63) is 71.3 Å². The lowest BCUT2D eigenvalue weighted by Crippen LogP contribution is -2.41. The standard InChI is InChI=1S/C29H31NO7S2/c1-35-14-15-36-16-17-38-23-18-22-8-5-9-25-27(22)26(19-23)29(32)30(28(25)31)37-39(33,34)24-12-10-21(11-13-24)20-6-3-2-4-7-20/h5,8-13,18-20H,2-4,6-7,14-17H2,1H3. The molecule has 2 amide bonds. The van der Waals surface area contributed by atoms with E-state index in [-0.39, 0.29) is 16.0 Å². The van der Waals surface area contributed by atoms with E-state index in [1.54, 1.807) is 37.4 Å². The number of thioether (sulfide) groups is 1. The van der Waals surface area contributed by atoms with E-state index < -0.39 is 21.9 Å². The minimum Gasteiger partial charge on any atom is -0.382 e. The predicted molar refractivity (Wildman–Crippen MR) is 148 cm³/mol. The van der Waals surface area contributed by atoms with E-state index in [1.165, 1.54) is 43.2 Å². The van der Waals surface area contributed by atoms with E-state index in [4.69, 9.17) is 13.8 Å². The third-order valence-electron chi connectivity index (χ3n) is 7.13. The predicted octanol–water partition coefficient (Wildman–Crippen LogP) is 5.56. The number of carbonyl (C=O) groups excluding carboxylic acids is 2. The summed E-state index contributed by atoms with van der Waals surface area (Å²) < 4.78 is 42.0. The first-order chi connectivity index (χ1) is 18.9. The zero-order valence-corrected chi connectivity index (χ0v) is 23.4. The van der Waals surface area contributed by atoms with Crippen molar-refractivity contribution in [3.63, 3.8) is 0 Å². The Morgan fingerprint density at radius 1 is 0.897 bits per heavy atom. The molecule has 8 nitrogen and oxygen atoms in total. The number of hydroxylamine groups is 2. The molecular weight excluding hydrogens is 538 g/mol. The van der Waals surface area contributed by atoms with Crippen LogP contribution in [0.1, 0.15) is 64.3 Å². The van der Waals surface area contributed by atoms with Gasteiger partial charge in [-0.15, -0.1) is 21.1 Å². The third kappa shape index (κ3) is 6.05. The maximum atomic E-state index is 13.5. The molecule has 1 saturated carbocycles. The van der Waals surface area contributed by atoms with Gasteiger partial charge >= 0.3 is 10.1 Å². The quantitative estimate of drug-likeness (QED) is 0.168. The highest BCUT2D eigenvalue weighted by atomic mass is 32.2. The number of ether oxygens (including phenoxy) is 2. The molecular formula is C29H31NO7S2. The Balaban J connectivity index is 1.36. The van der Waals surface area contributed by atoms with E-state index in [9.17, 15) is 18.0 Å². The van der Waals surface area contributed by atoms with Gasteiger partial charge in [-0.05, 0) is 60.0 Å². The van der Waals surface area contributed by atoms with Crippen LogP contribution in [0.5, 0.6) is 0 Å². The fraction of sp³-hybridized carbons (Fsp3) is 0.379. The van der Waals surface area contributed by atoms with Gasteiger partial charge in [0.25, 0.3) is 11.8 Å². The minimum absolute atomic E-state index is 0.107. The largest absolute Gasteiger partial charge is 0.382 e. The molecule has 5 rings (SSSR count). The average Bonchev–Trinajstić information content (AvgIpc) is 2.96. The number of hydrogen-bond acceptors (Lipinski definition) is 8. The molecule has 0 aromatic heterocycles. The minimum atomic E-state index is -4.43. The molecule has 3 aromatic carbocycles. The number of methoxy groups -OCH3 is 1. The molecule has 2 aliphatic rings. The van der Waals surface area contributed by atoms with Crippen molar-refractivity contribution in [2.75, 3.05) is 32.7 Å². The van der Waals surface area contributed by atoms with E-state index in [0.717, 1.165) is 28.7 Å². The SMILES string of the molecule is COCCOCCSc1cc2c3c(cccc3c1)C(=O)N(OS(=O)(=O)c1ccc(C3CCCCC3)cc1)C2=O. The summed E-state index contributed by atoms with van der Waals surface area (Å²) in [6, 6.07) is 15.2. The molecule has 1 aliphatic carbocycles. The molecule has 0 saturated heterocycles. The second-order valence-corrected chi connectivity index (χ2v) is 12.4. The van der Waals surface area contributed by atoms with Crippen LogP contribution in [-0.4, -0.2) is 58.0 Å².